The van der Waals surface area contributed by atoms with Crippen LogP contribution in [0.5, 0.6) is 0 Å². The molecule has 0 saturated heterocycles. The summed E-state index contributed by atoms with van der Waals surface area (Å²) < 4.78 is 2.30. The first-order valence-electron chi connectivity index (χ1n) is 8.11. The zero-order valence-corrected chi connectivity index (χ0v) is 14.3. The van der Waals surface area contributed by atoms with Crippen LogP contribution in [0.3, 0.4) is 0 Å². The number of pyridine rings is 1. The van der Waals surface area contributed by atoms with Gasteiger partial charge in [-0.05, 0) is 6.07 Å². The number of aromatic amines is 1. The molecule has 10 nitrogen and oxygen atoms in total. The predicted molar refractivity (Wildman–Crippen MR) is 94.2 cm³/mol. The van der Waals surface area contributed by atoms with E-state index in [0.29, 0.717) is 17.9 Å². The van der Waals surface area contributed by atoms with Crippen molar-refractivity contribution in [2.24, 2.45) is 14.1 Å². The van der Waals surface area contributed by atoms with Crippen LogP contribution in [0.25, 0.3) is 11.0 Å². The maximum atomic E-state index is 12.6. The minimum atomic E-state index is -0.465. The topological polar surface area (TPSA) is 127 Å². The van der Waals surface area contributed by atoms with Crippen molar-refractivity contribution in [2.75, 3.05) is 11.9 Å². The van der Waals surface area contributed by atoms with Gasteiger partial charge in [-0.15, -0.1) is 0 Å². The number of nitrogens with zero attached hydrogens (tertiary/aromatic N) is 4. The van der Waals surface area contributed by atoms with Crippen molar-refractivity contribution < 1.29 is 4.79 Å². The number of rotatable bonds is 2. The van der Waals surface area contributed by atoms with E-state index < -0.39 is 11.2 Å². The van der Waals surface area contributed by atoms with Gasteiger partial charge in [0, 0.05) is 44.9 Å². The molecule has 4 heterocycles. The summed E-state index contributed by atoms with van der Waals surface area (Å²) in [4.78, 5) is 41.0. The summed E-state index contributed by atoms with van der Waals surface area (Å²) in [6.07, 6.45) is 2.20. The van der Waals surface area contributed by atoms with Crippen molar-refractivity contribution in [3.8, 4) is 0 Å². The van der Waals surface area contributed by atoms with E-state index in [1.54, 1.807) is 7.05 Å². The second-order valence-electron chi connectivity index (χ2n) is 6.21. The maximum Gasteiger partial charge on any atom is 0.332 e. The molecule has 3 aromatic heterocycles. The van der Waals surface area contributed by atoms with Crippen molar-refractivity contribution in [1.29, 1.82) is 0 Å². The second-order valence-corrected chi connectivity index (χ2v) is 6.21. The number of aryl methyl sites for hydroxylation is 1. The molecular weight excluding hydrogens is 338 g/mol. The van der Waals surface area contributed by atoms with E-state index in [0.717, 1.165) is 28.8 Å². The molecule has 0 saturated carbocycles. The van der Waals surface area contributed by atoms with Gasteiger partial charge in [-0.2, -0.15) is 5.10 Å². The molecule has 0 bridgehead atoms. The molecule has 1 amide bonds. The summed E-state index contributed by atoms with van der Waals surface area (Å²) in [5.41, 5.74) is 1.82. The highest BCUT2D eigenvalue weighted by molar-refractivity contribution is 6.04. The first-order valence-corrected chi connectivity index (χ1v) is 8.11. The minimum absolute atomic E-state index is 0.248. The summed E-state index contributed by atoms with van der Waals surface area (Å²) in [6.45, 7) is 1.42. The zero-order chi connectivity index (χ0) is 18.4. The Morgan fingerprint density at radius 3 is 2.88 bits per heavy atom. The number of amides is 1. The number of carbonyl (C=O) groups excluding carboxylic acids is 1. The van der Waals surface area contributed by atoms with Crippen LogP contribution in [0.1, 0.15) is 21.7 Å². The first kappa shape index (κ1) is 16.2. The number of aromatic nitrogens is 5. The van der Waals surface area contributed by atoms with Gasteiger partial charge in [-0.25, -0.2) is 9.78 Å². The number of carbonyl (C=O) groups is 1. The van der Waals surface area contributed by atoms with E-state index in [-0.39, 0.29) is 16.9 Å². The van der Waals surface area contributed by atoms with Crippen LogP contribution in [0, 0.1) is 0 Å². The van der Waals surface area contributed by atoms with Gasteiger partial charge in [0.1, 0.15) is 5.65 Å². The van der Waals surface area contributed by atoms with Gasteiger partial charge in [0.15, 0.2) is 5.69 Å². The van der Waals surface area contributed by atoms with Gasteiger partial charge in [0.25, 0.3) is 11.5 Å². The van der Waals surface area contributed by atoms with Crippen molar-refractivity contribution in [3.05, 3.63) is 50.1 Å². The molecule has 0 aromatic carbocycles. The second kappa shape index (κ2) is 5.92. The number of hydrogen-bond acceptors (Lipinski definition) is 6. The Hall–Kier alpha value is -3.27. The molecule has 10 heteroatoms. The molecule has 26 heavy (non-hydrogen) atoms. The number of H-pyrrole nitrogens is 1. The number of nitrogens with one attached hydrogen (secondary N) is 3. The Morgan fingerprint density at radius 1 is 1.27 bits per heavy atom. The molecule has 0 unspecified atom stereocenters. The van der Waals surface area contributed by atoms with Crippen LogP contribution in [0.2, 0.25) is 0 Å². The third-order valence-corrected chi connectivity index (χ3v) is 4.57. The molecule has 3 N–H and O–H groups in total. The monoisotopic (exact) mass is 355 g/mol. The van der Waals surface area contributed by atoms with Crippen molar-refractivity contribution in [2.45, 2.75) is 13.0 Å². The van der Waals surface area contributed by atoms with Gasteiger partial charge in [-0.3, -0.25) is 23.8 Å². The number of anilines is 1. The lowest BCUT2D eigenvalue weighted by Gasteiger charge is -2.13. The van der Waals surface area contributed by atoms with Crippen molar-refractivity contribution in [1.82, 2.24) is 29.6 Å². The Bertz CT molecular complexity index is 1160. The van der Waals surface area contributed by atoms with Gasteiger partial charge in [0.2, 0.25) is 0 Å². The normalized spacial score (nSPS) is 13.6. The average molecular weight is 355 g/mol. The van der Waals surface area contributed by atoms with Crippen LogP contribution in [-0.2, 0) is 27.1 Å². The smallest absolute Gasteiger partial charge is 0.319 e. The average Bonchev–Trinajstić information content (AvgIpc) is 3.09. The summed E-state index contributed by atoms with van der Waals surface area (Å²) >= 11 is 0. The van der Waals surface area contributed by atoms with E-state index in [4.69, 9.17) is 0 Å². The number of hydrogen-bond donors (Lipinski definition) is 3. The lowest BCUT2D eigenvalue weighted by molar-refractivity contribution is 0.102. The first-order chi connectivity index (χ1) is 12.5. The summed E-state index contributed by atoms with van der Waals surface area (Å²) in [6, 6.07) is 1.51. The molecule has 0 spiro atoms. The largest absolute Gasteiger partial charge is 0.332 e. The molecule has 0 fully saturated rings. The minimum Gasteiger partial charge on any atom is -0.319 e. The highest BCUT2D eigenvalue weighted by atomic mass is 16.2. The Kier molecular flexibility index (Phi) is 3.69. The Labute approximate surface area is 146 Å². The number of fused-ring (bicyclic) bond motifs is 2. The molecule has 3 aromatic rings. The zero-order valence-electron chi connectivity index (χ0n) is 14.3. The molecule has 4 rings (SSSR count). The predicted octanol–water partition coefficient (Wildman–Crippen LogP) is -0.747. The van der Waals surface area contributed by atoms with Crippen LogP contribution < -0.4 is 21.9 Å². The fraction of sp³-hybridized carbons (Fsp3) is 0.312. The molecule has 0 aliphatic carbocycles. The SMILES string of the molecule is Cn1c(=O)c2cc(NC(=O)c3n[nH]c4c3CNCC4)cnc2n(C)c1=O. The summed E-state index contributed by atoms with van der Waals surface area (Å²) in [7, 11) is 2.94. The molecule has 0 radical (unpaired) electrons. The molecule has 1 aliphatic heterocycles. The fourth-order valence-corrected chi connectivity index (χ4v) is 3.14. The van der Waals surface area contributed by atoms with Crippen LogP contribution in [0.15, 0.2) is 21.9 Å². The highest BCUT2D eigenvalue weighted by Gasteiger charge is 2.22. The lowest BCUT2D eigenvalue weighted by atomic mass is 10.1. The molecule has 1 aliphatic rings. The van der Waals surface area contributed by atoms with Gasteiger partial charge in [-0.1, -0.05) is 0 Å². The van der Waals surface area contributed by atoms with Crippen LogP contribution in [0.4, 0.5) is 5.69 Å². The third kappa shape index (κ3) is 2.42. The maximum absolute atomic E-state index is 12.6. The Balaban J connectivity index is 1.72. The summed E-state index contributed by atoms with van der Waals surface area (Å²) in [5, 5.41) is 13.2. The lowest BCUT2D eigenvalue weighted by Crippen LogP contribution is -2.37. The van der Waals surface area contributed by atoms with Crippen molar-refractivity contribution in [3.63, 3.8) is 0 Å². The molecule has 0 atom stereocenters. The Morgan fingerprint density at radius 2 is 2.08 bits per heavy atom. The highest BCUT2D eigenvalue weighted by Crippen LogP contribution is 2.18. The van der Waals surface area contributed by atoms with E-state index in [1.165, 1.54) is 23.9 Å². The fourth-order valence-electron chi connectivity index (χ4n) is 3.14. The van der Waals surface area contributed by atoms with E-state index >= 15 is 0 Å². The van der Waals surface area contributed by atoms with Gasteiger partial charge >= 0.3 is 5.69 Å². The van der Waals surface area contributed by atoms with E-state index in [9.17, 15) is 14.4 Å². The molecular formula is C16H17N7O3. The van der Waals surface area contributed by atoms with Gasteiger partial charge in [0.05, 0.1) is 17.3 Å². The van der Waals surface area contributed by atoms with E-state index in [1.807, 2.05) is 0 Å². The quantitative estimate of drug-likeness (QED) is 0.555. The third-order valence-electron chi connectivity index (χ3n) is 4.57. The molecule has 134 valence electrons. The van der Waals surface area contributed by atoms with Crippen LogP contribution in [-0.4, -0.2) is 36.8 Å². The summed E-state index contributed by atoms with van der Waals surface area (Å²) in [5.74, 6) is -0.381. The van der Waals surface area contributed by atoms with Crippen molar-refractivity contribution >= 4 is 22.6 Å². The van der Waals surface area contributed by atoms with Crippen LogP contribution >= 0.6 is 0 Å². The van der Waals surface area contributed by atoms with Gasteiger partial charge < -0.3 is 10.6 Å². The van der Waals surface area contributed by atoms with E-state index in [2.05, 4.69) is 25.8 Å². The standard InChI is InChI=1S/C16H17N7O3/c1-22-13-9(15(25)23(2)16(22)26)5-8(6-18-13)19-14(24)12-10-7-17-4-3-11(10)20-21-12/h5-6,17H,3-4,7H2,1-2H3,(H,19,24)(H,20,21).